The number of carbonyl (C=O) groups is 2. The third kappa shape index (κ3) is 5.99. The molecule has 0 aliphatic heterocycles. The number of hydrazone groups is 1. The van der Waals surface area contributed by atoms with Crippen LogP contribution in [-0.4, -0.2) is 57.1 Å². The third-order valence-corrected chi connectivity index (χ3v) is 4.80. The summed E-state index contributed by atoms with van der Waals surface area (Å²) in [5, 5.41) is 18.9. The van der Waals surface area contributed by atoms with Crippen LogP contribution < -0.4 is 31.1 Å². The van der Waals surface area contributed by atoms with Crippen LogP contribution in [0.4, 0.5) is 10.2 Å². The normalized spacial score (nSPS) is 10.9. The van der Waals surface area contributed by atoms with Gasteiger partial charge in [0.15, 0.2) is 23.8 Å². The predicted molar refractivity (Wildman–Crippen MR) is 127 cm³/mol. The quantitative estimate of drug-likeness (QED) is 0.182. The molecular formula is C22H20FN9O6. The molecule has 38 heavy (non-hydrogen) atoms. The van der Waals surface area contributed by atoms with E-state index in [0.717, 1.165) is 4.68 Å². The van der Waals surface area contributed by atoms with Crippen LogP contribution in [-0.2, 0) is 11.4 Å². The van der Waals surface area contributed by atoms with Crippen molar-refractivity contribution in [2.75, 3.05) is 19.5 Å². The zero-order valence-electron chi connectivity index (χ0n) is 19.7. The minimum atomic E-state index is -0.728. The number of methoxy groups -OCH3 is 1. The number of benzene rings is 2. The molecule has 0 unspecified atom stereocenters. The molecule has 0 saturated heterocycles. The minimum absolute atomic E-state index is 0.0107. The second kappa shape index (κ2) is 11.5. The number of aromatic nitrogens is 5. The molecule has 0 spiro atoms. The van der Waals surface area contributed by atoms with E-state index in [1.165, 1.54) is 37.6 Å². The highest BCUT2D eigenvalue weighted by Gasteiger charge is 2.24. The Kier molecular flexibility index (Phi) is 7.71. The van der Waals surface area contributed by atoms with Gasteiger partial charge >= 0.3 is 0 Å². The number of hydrogen-bond acceptors (Lipinski definition) is 12. The second-order valence-electron chi connectivity index (χ2n) is 7.38. The van der Waals surface area contributed by atoms with Crippen molar-refractivity contribution in [2.24, 2.45) is 10.8 Å². The fraction of sp³-hybridized carbons (Fsp3) is 0.136. The van der Waals surface area contributed by atoms with Crippen LogP contribution in [0.5, 0.6) is 17.2 Å². The number of primary amides is 1. The Labute approximate surface area is 213 Å². The minimum Gasteiger partial charge on any atom is -0.493 e. The van der Waals surface area contributed by atoms with Crippen LogP contribution in [0.15, 0.2) is 52.2 Å². The van der Waals surface area contributed by atoms with E-state index in [4.69, 9.17) is 25.7 Å². The van der Waals surface area contributed by atoms with Gasteiger partial charge in [-0.05, 0) is 58.3 Å². The molecule has 0 atom stereocenters. The van der Waals surface area contributed by atoms with Gasteiger partial charge < -0.3 is 25.7 Å². The molecule has 2 heterocycles. The van der Waals surface area contributed by atoms with Crippen LogP contribution in [0.3, 0.4) is 0 Å². The van der Waals surface area contributed by atoms with E-state index >= 15 is 0 Å². The summed E-state index contributed by atoms with van der Waals surface area (Å²) in [7, 11) is 1.42. The smallest absolute Gasteiger partial charge is 0.293 e. The van der Waals surface area contributed by atoms with Gasteiger partial charge in [-0.3, -0.25) is 9.59 Å². The molecular weight excluding hydrogens is 505 g/mol. The lowest BCUT2D eigenvalue weighted by molar-refractivity contribution is -0.119. The Morgan fingerprint density at radius 2 is 1.95 bits per heavy atom. The summed E-state index contributed by atoms with van der Waals surface area (Å²) in [6, 6.07) is 10.0. The number of hydrogen-bond donors (Lipinski definition) is 3. The molecule has 0 radical (unpaired) electrons. The zero-order valence-corrected chi connectivity index (χ0v) is 19.7. The molecule has 0 aliphatic rings. The Bertz CT molecular complexity index is 1470. The molecule has 5 N–H and O–H groups in total. The first kappa shape index (κ1) is 25.5. The Morgan fingerprint density at radius 1 is 1.16 bits per heavy atom. The van der Waals surface area contributed by atoms with Crippen LogP contribution in [0, 0.1) is 5.82 Å². The summed E-state index contributed by atoms with van der Waals surface area (Å²) in [4.78, 5) is 23.8. The van der Waals surface area contributed by atoms with Crippen molar-refractivity contribution >= 4 is 23.8 Å². The molecule has 2 aromatic heterocycles. The third-order valence-electron chi connectivity index (χ3n) is 4.80. The largest absolute Gasteiger partial charge is 0.493 e. The van der Waals surface area contributed by atoms with E-state index < -0.39 is 17.6 Å². The standard InChI is InChI=1S/C22H20FN9O6/c1-35-17-8-12(2-7-16(17)37-11-18(24)33)9-26-28-22(34)19-15(10-36-14-5-3-13(23)4-6-14)32(31-27-19)21-20(25)29-38-30-21/h2-9H,10-11H2,1H3,(H2,24,33)(H2,25,29)(H,28,34)/b26-9-. The van der Waals surface area contributed by atoms with Crippen LogP contribution >= 0.6 is 0 Å². The molecule has 2 amide bonds. The van der Waals surface area contributed by atoms with Crippen molar-refractivity contribution in [3.8, 4) is 23.1 Å². The topological polar surface area (TPSA) is 208 Å². The maximum atomic E-state index is 13.2. The van der Waals surface area contributed by atoms with E-state index in [2.05, 4.69) is 35.8 Å². The van der Waals surface area contributed by atoms with Crippen molar-refractivity contribution in [1.82, 2.24) is 30.7 Å². The van der Waals surface area contributed by atoms with Crippen molar-refractivity contribution in [3.05, 3.63) is 65.2 Å². The van der Waals surface area contributed by atoms with Crippen molar-refractivity contribution in [2.45, 2.75) is 6.61 Å². The summed E-state index contributed by atoms with van der Waals surface area (Å²) < 4.78 is 35.1. The first-order valence-corrected chi connectivity index (χ1v) is 10.7. The zero-order chi connectivity index (χ0) is 27.1. The highest BCUT2D eigenvalue weighted by Crippen LogP contribution is 2.27. The van der Waals surface area contributed by atoms with Gasteiger partial charge in [0.25, 0.3) is 11.8 Å². The van der Waals surface area contributed by atoms with Gasteiger partial charge in [-0.25, -0.2) is 14.4 Å². The van der Waals surface area contributed by atoms with Crippen LogP contribution in [0.2, 0.25) is 0 Å². The Balaban J connectivity index is 1.51. The molecule has 2 aromatic carbocycles. The Morgan fingerprint density at radius 3 is 2.63 bits per heavy atom. The van der Waals surface area contributed by atoms with E-state index in [0.29, 0.717) is 22.8 Å². The van der Waals surface area contributed by atoms with Crippen molar-refractivity contribution in [1.29, 1.82) is 0 Å². The summed E-state index contributed by atoms with van der Waals surface area (Å²) in [5.74, 6) is -0.958. The average molecular weight is 525 g/mol. The van der Waals surface area contributed by atoms with Crippen LogP contribution in [0.1, 0.15) is 21.7 Å². The lowest BCUT2D eigenvalue weighted by atomic mass is 10.2. The molecule has 196 valence electrons. The molecule has 15 nitrogen and oxygen atoms in total. The monoisotopic (exact) mass is 525 g/mol. The molecule has 0 saturated carbocycles. The number of amides is 2. The predicted octanol–water partition coefficient (Wildman–Crippen LogP) is 0.587. The SMILES string of the molecule is COc1cc(/C=N\NC(=O)c2nnn(-c3nonc3N)c2COc2ccc(F)cc2)ccc1OCC(N)=O. The summed E-state index contributed by atoms with van der Waals surface area (Å²) in [6.07, 6.45) is 1.34. The number of nitrogens with one attached hydrogen (secondary N) is 1. The highest BCUT2D eigenvalue weighted by atomic mass is 19.1. The van der Waals surface area contributed by atoms with Gasteiger partial charge in [-0.2, -0.15) is 9.78 Å². The fourth-order valence-electron chi connectivity index (χ4n) is 3.05. The van der Waals surface area contributed by atoms with Crippen molar-refractivity contribution in [3.63, 3.8) is 0 Å². The van der Waals surface area contributed by atoms with Crippen molar-refractivity contribution < 1.29 is 32.8 Å². The fourth-order valence-corrected chi connectivity index (χ4v) is 3.05. The average Bonchev–Trinajstić information content (AvgIpc) is 3.52. The number of anilines is 1. The van der Waals surface area contributed by atoms with Crippen LogP contribution in [0.25, 0.3) is 5.82 Å². The van der Waals surface area contributed by atoms with Gasteiger partial charge in [0, 0.05) is 0 Å². The lowest BCUT2D eigenvalue weighted by Gasteiger charge is -2.09. The molecule has 4 aromatic rings. The lowest BCUT2D eigenvalue weighted by Crippen LogP contribution is -2.21. The molecule has 16 heteroatoms. The van der Waals surface area contributed by atoms with E-state index in [1.54, 1.807) is 18.2 Å². The maximum Gasteiger partial charge on any atom is 0.293 e. The van der Waals surface area contributed by atoms with E-state index in [1.807, 2.05) is 0 Å². The number of ether oxygens (including phenoxy) is 3. The molecule has 0 fully saturated rings. The van der Waals surface area contributed by atoms with Gasteiger partial charge in [-0.15, -0.1) is 5.10 Å². The first-order chi connectivity index (χ1) is 18.4. The van der Waals surface area contributed by atoms with Gasteiger partial charge in [-0.1, -0.05) is 5.21 Å². The van der Waals surface area contributed by atoms with E-state index in [9.17, 15) is 14.0 Å². The van der Waals surface area contributed by atoms with Gasteiger partial charge in [0.05, 0.1) is 13.3 Å². The maximum absolute atomic E-state index is 13.2. The number of nitrogens with zero attached hydrogens (tertiary/aromatic N) is 6. The number of rotatable bonds is 11. The summed E-state index contributed by atoms with van der Waals surface area (Å²) in [6.45, 7) is -0.537. The summed E-state index contributed by atoms with van der Waals surface area (Å²) in [5.41, 5.74) is 13.7. The molecule has 0 aliphatic carbocycles. The number of nitrogen functional groups attached to an aromatic ring is 1. The first-order valence-electron chi connectivity index (χ1n) is 10.7. The Hall–Kier alpha value is -5.54. The van der Waals surface area contributed by atoms with E-state index in [-0.39, 0.29) is 36.2 Å². The van der Waals surface area contributed by atoms with Gasteiger partial charge in [0.2, 0.25) is 11.6 Å². The molecule has 0 bridgehead atoms. The number of carbonyl (C=O) groups excluding carboxylic acids is 2. The number of halogens is 1. The van der Waals surface area contributed by atoms with Gasteiger partial charge in [0.1, 0.15) is 23.9 Å². The number of nitrogens with two attached hydrogens (primary N) is 2. The molecule has 4 rings (SSSR count). The second-order valence-corrected chi connectivity index (χ2v) is 7.38. The summed E-state index contributed by atoms with van der Waals surface area (Å²) >= 11 is 0. The highest BCUT2D eigenvalue weighted by molar-refractivity contribution is 5.94.